The number of hydrogen-bond donors (Lipinski definition) is 1. The Hall–Kier alpha value is -1.68. The monoisotopic (exact) mass is 620 g/mol. The molecule has 0 aromatic heterocycles. The van der Waals surface area contributed by atoms with Crippen LogP contribution in [0.5, 0.6) is 0 Å². The van der Waals surface area contributed by atoms with Gasteiger partial charge in [-0.2, -0.15) is 0 Å². The maximum atomic E-state index is 13.5. The van der Waals surface area contributed by atoms with Crippen molar-refractivity contribution in [2.75, 3.05) is 0 Å². The molecule has 3 rings (SSSR count). The van der Waals surface area contributed by atoms with E-state index in [2.05, 4.69) is 37.3 Å². The molecule has 0 spiro atoms. The lowest BCUT2D eigenvalue weighted by molar-refractivity contribution is 0.00578. The highest BCUT2D eigenvalue weighted by Gasteiger charge is 2.52. The average Bonchev–Trinajstić information content (AvgIpc) is 2.96. The van der Waals surface area contributed by atoms with Gasteiger partial charge >= 0.3 is 7.12 Å². The van der Waals surface area contributed by atoms with Gasteiger partial charge in [0.15, 0.2) is 0 Å². The first-order valence-corrected chi connectivity index (χ1v) is 13.8. The van der Waals surface area contributed by atoms with Gasteiger partial charge in [-0.05, 0) is 97.6 Å². The lowest BCUT2D eigenvalue weighted by Gasteiger charge is -2.35. The van der Waals surface area contributed by atoms with Gasteiger partial charge in [-0.1, -0.05) is 55.1 Å². The number of amides is 2. The normalized spacial score (nSPS) is 16.8. The van der Waals surface area contributed by atoms with Gasteiger partial charge in [-0.15, -0.1) is 0 Å². The molecule has 1 heterocycles. The Morgan fingerprint density at radius 2 is 1.44 bits per heavy atom. The molecule has 0 unspecified atom stereocenters. The highest BCUT2D eigenvalue weighted by molar-refractivity contribution is 9.24. The molecule has 0 aliphatic carbocycles. The van der Waals surface area contributed by atoms with Crippen molar-refractivity contribution in [1.29, 1.82) is 0 Å². The Bertz CT molecular complexity index is 1140. The number of rotatable bonds is 4. The first-order valence-electron chi connectivity index (χ1n) is 11.9. The Kier molecular flexibility index (Phi) is 8.21. The minimum absolute atomic E-state index is 0.159. The summed E-state index contributed by atoms with van der Waals surface area (Å²) in [5, 5.41) is 1.39. The van der Waals surface area contributed by atoms with Crippen molar-refractivity contribution in [1.82, 2.24) is 10.4 Å². The molecule has 0 bridgehead atoms. The van der Waals surface area contributed by atoms with Crippen molar-refractivity contribution >= 4 is 56.3 Å². The fourth-order valence-corrected chi connectivity index (χ4v) is 4.84. The molecule has 2 aromatic carbocycles. The van der Waals surface area contributed by atoms with Gasteiger partial charge in [-0.25, -0.2) is 5.01 Å². The van der Waals surface area contributed by atoms with Gasteiger partial charge < -0.3 is 9.31 Å². The highest BCUT2D eigenvalue weighted by Crippen LogP contribution is 2.38. The van der Waals surface area contributed by atoms with Crippen molar-refractivity contribution in [3.63, 3.8) is 0 Å². The second-order valence-corrected chi connectivity index (χ2v) is 14.4. The zero-order chi connectivity index (χ0) is 27.2. The van der Waals surface area contributed by atoms with Gasteiger partial charge in [-0.3, -0.25) is 15.0 Å². The smallest absolute Gasteiger partial charge is 0.399 e. The summed E-state index contributed by atoms with van der Waals surface area (Å²) >= 11 is 7.15. The number of carbonyl (C=O) groups is 2. The van der Waals surface area contributed by atoms with E-state index in [9.17, 15) is 9.59 Å². The number of hydrazine groups is 1. The molecule has 6 nitrogen and oxygen atoms in total. The zero-order valence-electron chi connectivity index (χ0n) is 22.5. The molecule has 36 heavy (non-hydrogen) atoms. The SMILES string of the molecule is Cc1cc(C)cc(C(=O)N(NC(=O)c2ccc(C(Br)Br)c(B3OC(C)(C)C(C)(C)O3)c2)C(C)(C)C)c1. The number of hydrogen-bond acceptors (Lipinski definition) is 4. The van der Waals surface area contributed by atoms with Crippen LogP contribution in [0.15, 0.2) is 36.4 Å². The van der Waals surface area contributed by atoms with Gasteiger partial charge in [0, 0.05) is 11.1 Å². The summed E-state index contributed by atoms with van der Waals surface area (Å²) in [6.07, 6.45) is 0. The van der Waals surface area contributed by atoms with Crippen LogP contribution in [0.4, 0.5) is 0 Å². The van der Waals surface area contributed by atoms with Crippen LogP contribution in [0.1, 0.15) is 89.6 Å². The molecular formula is C27H35BBr2N2O4. The van der Waals surface area contributed by atoms with Gasteiger partial charge in [0.2, 0.25) is 0 Å². The molecule has 1 fully saturated rings. The van der Waals surface area contributed by atoms with E-state index < -0.39 is 29.8 Å². The summed E-state index contributed by atoms with van der Waals surface area (Å²) in [7, 11) is -0.647. The molecule has 2 amide bonds. The first-order chi connectivity index (χ1) is 16.4. The summed E-state index contributed by atoms with van der Waals surface area (Å²) in [4.78, 5) is 26.9. The Labute approximate surface area is 231 Å². The lowest BCUT2D eigenvalue weighted by Crippen LogP contribution is -2.56. The second kappa shape index (κ2) is 10.2. The quantitative estimate of drug-likeness (QED) is 0.259. The number of alkyl halides is 2. The number of aryl methyl sites for hydroxylation is 2. The second-order valence-electron chi connectivity index (χ2n) is 11.4. The molecule has 0 atom stereocenters. The maximum Gasteiger partial charge on any atom is 0.495 e. The minimum Gasteiger partial charge on any atom is -0.399 e. The molecule has 1 N–H and O–H groups in total. The van der Waals surface area contributed by atoms with E-state index in [0.717, 1.165) is 22.2 Å². The van der Waals surface area contributed by atoms with E-state index >= 15 is 0 Å². The third kappa shape index (κ3) is 6.06. The maximum absolute atomic E-state index is 13.5. The number of nitrogens with zero attached hydrogens (tertiary/aromatic N) is 1. The van der Waals surface area contributed by atoms with Gasteiger partial charge in [0.25, 0.3) is 11.8 Å². The fourth-order valence-electron chi connectivity index (χ4n) is 4.01. The molecule has 2 aromatic rings. The van der Waals surface area contributed by atoms with Crippen molar-refractivity contribution in [2.24, 2.45) is 0 Å². The first kappa shape index (κ1) is 28.9. The van der Waals surface area contributed by atoms with Crippen LogP contribution in [0.25, 0.3) is 0 Å². The average molecular weight is 622 g/mol. The van der Waals surface area contributed by atoms with Crippen molar-refractivity contribution in [2.45, 2.75) is 82.8 Å². The van der Waals surface area contributed by atoms with Crippen LogP contribution in [-0.2, 0) is 9.31 Å². The Morgan fingerprint density at radius 3 is 1.92 bits per heavy atom. The van der Waals surface area contributed by atoms with Crippen molar-refractivity contribution in [3.05, 3.63) is 64.2 Å². The topological polar surface area (TPSA) is 67.9 Å². The fraction of sp³-hybridized carbons (Fsp3) is 0.481. The summed E-state index contributed by atoms with van der Waals surface area (Å²) in [5.41, 5.74) is 5.67. The van der Waals surface area contributed by atoms with E-state index in [1.165, 1.54) is 5.01 Å². The van der Waals surface area contributed by atoms with Crippen molar-refractivity contribution < 1.29 is 18.9 Å². The predicted octanol–water partition coefficient (Wildman–Crippen LogP) is 5.98. The summed E-state index contributed by atoms with van der Waals surface area (Å²) in [6.45, 7) is 17.5. The molecule has 1 aliphatic rings. The third-order valence-electron chi connectivity index (χ3n) is 6.65. The van der Waals surface area contributed by atoms with Crippen LogP contribution < -0.4 is 10.9 Å². The number of carbonyl (C=O) groups excluding carboxylic acids is 2. The molecule has 9 heteroatoms. The van der Waals surface area contributed by atoms with E-state index in [0.29, 0.717) is 11.1 Å². The van der Waals surface area contributed by atoms with Crippen LogP contribution in [0, 0.1) is 13.8 Å². The summed E-state index contributed by atoms with van der Waals surface area (Å²) in [6, 6.07) is 11.0. The molecule has 0 saturated carbocycles. The van der Waals surface area contributed by atoms with Crippen LogP contribution in [-0.4, -0.2) is 40.7 Å². The number of nitrogens with one attached hydrogen (secondary N) is 1. The van der Waals surface area contributed by atoms with Crippen LogP contribution in [0.2, 0.25) is 0 Å². The molecule has 194 valence electrons. The Morgan fingerprint density at radius 1 is 0.917 bits per heavy atom. The number of halogens is 2. The van der Waals surface area contributed by atoms with Crippen LogP contribution in [0.3, 0.4) is 0 Å². The molecule has 1 aliphatic heterocycles. The van der Waals surface area contributed by atoms with Gasteiger partial charge in [0.05, 0.1) is 20.5 Å². The molecular weight excluding hydrogens is 587 g/mol. The summed E-state index contributed by atoms with van der Waals surface area (Å²) < 4.78 is 12.4. The standard InChI is InChI=1S/C27H35BBr2N2O4/c1-16-12-17(2)14-19(13-16)24(34)32(25(3,4)5)31-23(33)18-10-11-20(22(29)30)21(15-18)28-35-26(6,7)27(8,9)36-28/h10-15,22H,1-9H3,(H,31,33). The van der Waals surface area contributed by atoms with E-state index in [1.54, 1.807) is 12.1 Å². The molecule has 1 saturated heterocycles. The lowest BCUT2D eigenvalue weighted by atomic mass is 9.75. The minimum atomic E-state index is -0.657. The number of benzene rings is 2. The molecule has 0 radical (unpaired) electrons. The van der Waals surface area contributed by atoms with Crippen molar-refractivity contribution in [3.8, 4) is 0 Å². The third-order valence-corrected chi connectivity index (χ3v) is 7.63. The van der Waals surface area contributed by atoms with E-state index in [4.69, 9.17) is 9.31 Å². The van der Waals surface area contributed by atoms with E-state index in [-0.39, 0.29) is 9.64 Å². The van der Waals surface area contributed by atoms with Crippen LogP contribution >= 0.6 is 31.9 Å². The Balaban J connectivity index is 1.96. The van der Waals surface area contributed by atoms with E-state index in [1.807, 2.05) is 86.6 Å². The highest BCUT2D eigenvalue weighted by atomic mass is 79.9. The van der Waals surface area contributed by atoms with Gasteiger partial charge in [0.1, 0.15) is 0 Å². The predicted molar refractivity (Wildman–Crippen MR) is 152 cm³/mol. The largest absolute Gasteiger partial charge is 0.495 e. The zero-order valence-corrected chi connectivity index (χ0v) is 25.6. The summed E-state index contributed by atoms with van der Waals surface area (Å²) in [5.74, 6) is -0.668.